The van der Waals surface area contributed by atoms with E-state index in [4.69, 9.17) is 4.74 Å². The Bertz CT molecular complexity index is 354. The molecule has 1 aliphatic heterocycles. The van der Waals surface area contributed by atoms with Gasteiger partial charge in [0.15, 0.2) is 0 Å². The van der Waals surface area contributed by atoms with E-state index in [1.807, 2.05) is 0 Å². The standard InChI is InChI=1S/C11H14O4/c1-5-8-6-7(2)11(3,10(13)14-4)15-9(8)12/h5H,2,6H2,1,3-4H3/b8-5-. The Morgan fingerprint density at radius 3 is 2.73 bits per heavy atom. The summed E-state index contributed by atoms with van der Waals surface area (Å²) >= 11 is 0. The molecule has 0 amide bonds. The van der Waals surface area contributed by atoms with Crippen LogP contribution in [0.1, 0.15) is 20.3 Å². The van der Waals surface area contributed by atoms with E-state index in [-0.39, 0.29) is 0 Å². The predicted octanol–water partition coefficient (Wildman–Crippen LogP) is 1.37. The van der Waals surface area contributed by atoms with E-state index in [2.05, 4.69) is 11.3 Å². The fourth-order valence-corrected chi connectivity index (χ4v) is 1.39. The molecular formula is C11H14O4. The minimum atomic E-state index is -1.35. The van der Waals surface area contributed by atoms with Crippen LogP contribution in [0.5, 0.6) is 0 Å². The Hall–Kier alpha value is -1.58. The highest BCUT2D eigenvalue weighted by Crippen LogP contribution is 2.33. The fraction of sp³-hybridized carbons (Fsp3) is 0.455. The molecule has 1 saturated heterocycles. The molecular weight excluding hydrogens is 196 g/mol. The van der Waals surface area contributed by atoms with Crippen LogP contribution >= 0.6 is 0 Å². The number of carbonyl (C=O) groups is 2. The van der Waals surface area contributed by atoms with Gasteiger partial charge in [-0.15, -0.1) is 0 Å². The molecule has 4 nitrogen and oxygen atoms in total. The second kappa shape index (κ2) is 3.88. The van der Waals surface area contributed by atoms with E-state index in [0.29, 0.717) is 17.6 Å². The summed E-state index contributed by atoms with van der Waals surface area (Å²) in [6, 6.07) is 0. The summed E-state index contributed by atoms with van der Waals surface area (Å²) in [5.41, 5.74) is -0.304. The highest BCUT2D eigenvalue weighted by molar-refractivity contribution is 5.96. The monoisotopic (exact) mass is 210 g/mol. The Labute approximate surface area is 88.6 Å². The number of esters is 2. The predicted molar refractivity (Wildman–Crippen MR) is 54.0 cm³/mol. The molecule has 4 heteroatoms. The van der Waals surface area contributed by atoms with E-state index in [0.717, 1.165) is 0 Å². The van der Waals surface area contributed by atoms with Crippen molar-refractivity contribution >= 4 is 11.9 Å². The van der Waals surface area contributed by atoms with Crippen LogP contribution in [0.15, 0.2) is 23.8 Å². The highest BCUT2D eigenvalue weighted by Gasteiger charge is 2.45. The van der Waals surface area contributed by atoms with Gasteiger partial charge in [0, 0.05) is 12.0 Å². The van der Waals surface area contributed by atoms with Crippen LogP contribution in [0, 0.1) is 0 Å². The van der Waals surface area contributed by atoms with E-state index in [1.54, 1.807) is 13.0 Å². The molecule has 1 fully saturated rings. The number of methoxy groups -OCH3 is 1. The molecule has 0 bridgehead atoms. The number of ether oxygens (including phenoxy) is 2. The summed E-state index contributed by atoms with van der Waals surface area (Å²) in [5.74, 6) is -1.09. The third-order valence-electron chi connectivity index (χ3n) is 2.56. The first kappa shape index (κ1) is 11.5. The van der Waals surface area contributed by atoms with Gasteiger partial charge in [0.2, 0.25) is 5.60 Å². The average Bonchev–Trinajstić information content (AvgIpc) is 2.22. The summed E-state index contributed by atoms with van der Waals surface area (Å²) in [7, 11) is 1.25. The average molecular weight is 210 g/mol. The van der Waals surface area contributed by atoms with Crippen molar-refractivity contribution in [1.82, 2.24) is 0 Å². The fourth-order valence-electron chi connectivity index (χ4n) is 1.39. The molecule has 0 aromatic heterocycles. The number of hydrogen-bond acceptors (Lipinski definition) is 4. The minimum absolute atomic E-state index is 0.348. The van der Waals surface area contributed by atoms with Gasteiger partial charge < -0.3 is 9.47 Å². The van der Waals surface area contributed by atoms with E-state index in [9.17, 15) is 9.59 Å². The van der Waals surface area contributed by atoms with Crippen molar-refractivity contribution in [2.45, 2.75) is 25.9 Å². The molecule has 0 saturated carbocycles. The van der Waals surface area contributed by atoms with Gasteiger partial charge in [-0.1, -0.05) is 12.7 Å². The molecule has 82 valence electrons. The Morgan fingerprint density at radius 1 is 1.67 bits per heavy atom. The number of allylic oxidation sites excluding steroid dienone is 1. The normalized spacial score (nSPS) is 28.9. The lowest BCUT2D eigenvalue weighted by molar-refractivity contribution is -0.174. The molecule has 0 spiro atoms. The van der Waals surface area contributed by atoms with Crippen LogP contribution in [0.3, 0.4) is 0 Å². The summed E-state index contributed by atoms with van der Waals surface area (Å²) in [6.45, 7) is 6.98. The highest BCUT2D eigenvalue weighted by atomic mass is 16.6. The van der Waals surface area contributed by atoms with Crippen molar-refractivity contribution in [3.8, 4) is 0 Å². The van der Waals surface area contributed by atoms with Crippen molar-refractivity contribution in [2.75, 3.05) is 7.11 Å². The first-order valence-corrected chi connectivity index (χ1v) is 4.61. The van der Waals surface area contributed by atoms with Crippen LogP contribution in [-0.2, 0) is 19.1 Å². The summed E-state index contributed by atoms with van der Waals surface area (Å²) in [4.78, 5) is 22.9. The zero-order valence-electron chi connectivity index (χ0n) is 9.12. The topological polar surface area (TPSA) is 52.6 Å². The number of rotatable bonds is 1. The lowest BCUT2D eigenvalue weighted by Gasteiger charge is -2.33. The van der Waals surface area contributed by atoms with Gasteiger partial charge in [-0.25, -0.2) is 9.59 Å². The molecule has 1 rings (SSSR count). The van der Waals surface area contributed by atoms with Crippen LogP contribution in [-0.4, -0.2) is 24.6 Å². The van der Waals surface area contributed by atoms with E-state index >= 15 is 0 Å². The van der Waals surface area contributed by atoms with Crippen LogP contribution in [0.2, 0.25) is 0 Å². The molecule has 1 unspecified atom stereocenters. The first-order chi connectivity index (χ1) is 6.95. The van der Waals surface area contributed by atoms with Gasteiger partial charge in [-0.3, -0.25) is 0 Å². The third kappa shape index (κ3) is 1.79. The van der Waals surface area contributed by atoms with Crippen molar-refractivity contribution in [1.29, 1.82) is 0 Å². The molecule has 0 aromatic rings. The maximum atomic E-state index is 11.5. The van der Waals surface area contributed by atoms with Gasteiger partial charge >= 0.3 is 11.9 Å². The maximum absolute atomic E-state index is 11.5. The van der Waals surface area contributed by atoms with Gasteiger partial charge in [0.25, 0.3) is 0 Å². The number of hydrogen-bond donors (Lipinski definition) is 0. The molecule has 0 N–H and O–H groups in total. The minimum Gasteiger partial charge on any atom is -0.466 e. The molecule has 15 heavy (non-hydrogen) atoms. The lowest BCUT2D eigenvalue weighted by atomic mass is 9.88. The summed E-state index contributed by atoms with van der Waals surface area (Å²) in [5, 5.41) is 0. The molecule has 1 heterocycles. The van der Waals surface area contributed by atoms with E-state index < -0.39 is 17.5 Å². The first-order valence-electron chi connectivity index (χ1n) is 4.61. The second-order valence-electron chi connectivity index (χ2n) is 3.51. The molecule has 0 aromatic carbocycles. The van der Waals surface area contributed by atoms with E-state index in [1.165, 1.54) is 14.0 Å². The second-order valence-corrected chi connectivity index (χ2v) is 3.51. The van der Waals surface area contributed by atoms with Crippen LogP contribution in [0.4, 0.5) is 0 Å². The van der Waals surface area contributed by atoms with Crippen molar-refractivity contribution < 1.29 is 19.1 Å². The van der Waals surface area contributed by atoms with Crippen molar-refractivity contribution in [2.24, 2.45) is 0 Å². The number of cyclic esters (lactones) is 1. The molecule has 1 aliphatic rings. The quantitative estimate of drug-likeness (QED) is 0.372. The zero-order valence-corrected chi connectivity index (χ0v) is 9.12. The Morgan fingerprint density at radius 2 is 2.27 bits per heavy atom. The van der Waals surface area contributed by atoms with Gasteiger partial charge in [-0.05, 0) is 19.4 Å². The number of carbonyl (C=O) groups excluding carboxylic acids is 2. The van der Waals surface area contributed by atoms with Gasteiger partial charge in [-0.2, -0.15) is 0 Å². The molecule has 0 radical (unpaired) electrons. The largest absolute Gasteiger partial charge is 0.466 e. The Balaban J connectivity index is 3.02. The van der Waals surface area contributed by atoms with Crippen molar-refractivity contribution in [3.05, 3.63) is 23.8 Å². The summed E-state index contributed by atoms with van der Waals surface area (Å²) in [6.07, 6.45) is 2.01. The van der Waals surface area contributed by atoms with Gasteiger partial charge in [0.1, 0.15) is 0 Å². The summed E-state index contributed by atoms with van der Waals surface area (Å²) < 4.78 is 9.64. The maximum Gasteiger partial charge on any atom is 0.354 e. The van der Waals surface area contributed by atoms with Gasteiger partial charge in [0.05, 0.1) is 7.11 Å². The van der Waals surface area contributed by atoms with Crippen LogP contribution in [0.25, 0.3) is 0 Å². The van der Waals surface area contributed by atoms with Crippen LogP contribution < -0.4 is 0 Å². The lowest BCUT2D eigenvalue weighted by Crippen LogP contribution is -2.46. The third-order valence-corrected chi connectivity index (χ3v) is 2.56. The zero-order chi connectivity index (χ0) is 11.6. The molecule has 1 atom stereocenters. The van der Waals surface area contributed by atoms with Crippen molar-refractivity contribution in [3.63, 3.8) is 0 Å². The smallest absolute Gasteiger partial charge is 0.354 e. The SMILES string of the molecule is C=C1C/C(=C/C)C(=O)OC1(C)C(=O)OC. The Kier molecular flexibility index (Phi) is 2.98. The molecule has 0 aliphatic carbocycles.